The number of piperidine rings is 1. The summed E-state index contributed by atoms with van der Waals surface area (Å²) in [6.45, 7) is 3.45. The third-order valence-electron chi connectivity index (χ3n) is 3.77. The normalized spacial score (nSPS) is 24.8. The van der Waals surface area contributed by atoms with Crippen molar-refractivity contribution in [2.75, 3.05) is 6.54 Å². The minimum absolute atomic E-state index is 0.334. The summed E-state index contributed by atoms with van der Waals surface area (Å²) in [5.41, 5.74) is 1.73. The van der Waals surface area contributed by atoms with Gasteiger partial charge in [0.1, 0.15) is 0 Å². The smallest absolute Gasteiger partial charge is 0.0406 e. The monoisotopic (exact) mass is 251 g/mol. The first-order chi connectivity index (χ1) is 8.24. The van der Waals surface area contributed by atoms with E-state index < -0.39 is 0 Å². The van der Waals surface area contributed by atoms with Gasteiger partial charge in [0.25, 0.3) is 0 Å². The molecule has 1 heterocycles. The molecule has 2 heteroatoms. The molecule has 0 amide bonds. The van der Waals surface area contributed by atoms with Crippen molar-refractivity contribution in [3.8, 4) is 0 Å². The fourth-order valence-corrected chi connectivity index (χ4v) is 3.08. The largest absolute Gasteiger partial charge is 0.311 e. The van der Waals surface area contributed by atoms with Gasteiger partial charge >= 0.3 is 0 Å². The van der Waals surface area contributed by atoms with Crippen LogP contribution in [0.3, 0.4) is 0 Å². The molecular formula is C15H22ClN. The second-order valence-corrected chi connectivity index (χ2v) is 5.65. The SMILES string of the molecule is CCCC1(Cc2ccc(Cl)cc2)CCCCN1. The highest BCUT2D eigenvalue weighted by Gasteiger charge is 2.30. The average Bonchev–Trinajstić information content (AvgIpc) is 2.34. The van der Waals surface area contributed by atoms with E-state index in [1.165, 1.54) is 44.2 Å². The molecule has 1 aliphatic heterocycles. The Balaban J connectivity index is 2.08. The molecule has 2 rings (SSSR count). The average molecular weight is 252 g/mol. The van der Waals surface area contributed by atoms with Crippen LogP contribution in [0, 0.1) is 0 Å². The van der Waals surface area contributed by atoms with E-state index in [1.54, 1.807) is 0 Å². The lowest BCUT2D eigenvalue weighted by molar-refractivity contribution is 0.233. The molecule has 1 saturated heterocycles. The number of halogens is 1. The second-order valence-electron chi connectivity index (χ2n) is 5.22. The van der Waals surface area contributed by atoms with E-state index in [9.17, 15) is 0 Å². The molecule has 1 nitrogen and oxygen atoms in total. The van der Waals surface area contributed by atoms with Gasteiger partial charge in [-0.3, -0.25) is 0 Å². The van der Waals surface area contributed by atoms with Gasteiger partial charge in [-0.2, -0.15) is 0 Å². The molecule has 1 unspecified atom stereocenters. The standard InChI is InChI=1S/C15H22ClN/c1-2-9-15(10-3-4-11-17-15)12-13-5-7-14(16)8-6-13/h5-8,17H,2-4,9-12H2,1H3. The van der Waals surface area contributed by atoms with Gasteiger partial charge in [0.2, 0.25) is 0 Å². The fourth-order valence-electron chi connectivity index (χ4n) is 2.95. The Morgan fingerprint density at radius 1 is 1.24 bits per heavy atom. The van der Waals surface area contributed by atoms with Gasteiger partial charge in [-0.15, -0.1) is 0 Å². The molecule has 1 aromatic rings. The molecule has 0 aliphatic carbocycles. The number of hydrogen-bond donors (Lipinski definition) is 1. The van der Waals surface area contributed by atoms with Gasteiger partial charge in [0.05, 0.1) is 0 Å². The topological polar surface area (TPSA) is 12.0 Å². The molecule has 1 aliphatic rings. The zero-order chi connectivity index (χ0) is 12.1. The number of hydrogen-bond acceptors (Lipinski definition) is 1. The maximum absolute atomic E-state index is 5.93. The molecule has 17 heavy (non-hydrogen) atoms. The molecule has 0 spiro atoms. The summed E-state index contributed by atoms with van der Waals surface area (Å²) in [7, 11) is 0. The molecule has 1 atom stereocenters. The predicted molar refractivity (Wildman–Crippen MR) is 74.6 cm³/mol. The molecule has 1 N–H and O–H groups in total. The Kier molecular flexibility index (Phi) is 4.47. The van der Waals surface area contributed by atoms with E-state index in [0.29, 0.717) is 5.54 Å². The van der Waals surface area contributed by atoms with Crippen molar-refractivity contribution in [3.63, 3.8) is 0 Å². The Morgan fingerprint density at radius 3 is 2.59 bits per heavy atom. The van der Waals surface area contributed by atoms with E-state index in [2.05, 4.69) is 24.4 Å². The second kappa shape index (κ2) is 5.88. The summed E-state index contributed by atoms with van der Waals surface area (Å²) in [6.07, 6.45) is 7.66. The van der Waals surface area contributed by atoms with Crippen molar-refractivity contribution < 1.29 is 0 Å². The third-order valence-corrected chi connectivity index (χ3v) is 4.02. The number of benzene rings is 1. The van der Waals surface area contributed by atoms with E-state index in [0.717, 1.165) is 11.4 Å². The fraction of sp³-hybridized carbons (Fsp3) is 0.600. The van der Waals surface area contributed by atoms with Crippen LogP contribution in [0.2, 0.25) is 5.02 Å². The summed E-state index contributed by atoms with van der Waals surface area (Å²) in [5, 5.41) is 4.59. The Bertz CT molecular complexity index is 333. The van der Waals surface area contributed by atoms with Crippen LogP contribution in [0.15, 0.2) is 24.3 Å². The van der Waals surface area contributed by atoms with Crippen LogP contribution in [0.5, 0.6) is 0 Å². The van der Waals surface area contributed by atoms with Crippen molar-refractivity contribution in [1.82, 2.24) is 5.32 Å². The summed E-state index contributed by atoms with van der Waals surface area (Å²) >= 11 is 5.93. The third kappa shape index (κ3) is 3.46. The predicted octanol–water partition coefficient (Wildman–Crippen LogP) is 4.19. The van der Waals surface area contributed by atoms with Gasteiger partial charge in [-0.1, -0.05) is 43.5 Å². The summed E-state index contributed by atoms with van der Waals surface area (Å²) in [6, 6.07) is 8.32. The summed E-state index contributed by atoms with van der Waals surface area (Å²) in [4.78, 5) is 0. The highest BCUT2D eigenvalue weighted by atomic mass is 35.5. The van der Waals surface area contributed by atoms with E-state index in [1.807, 2.05) is 12.1 Å². The first kappa shape index (κ1) is 12.9. The first-order valence-corrected chi connectivity index (χ1v) is 7.11. The summed E-state index contributed by atoms with van der Waals surface area (Å²) < 4.78 is 0. The maximum atomic E-state index is 5.93. The molecule has 0 saturated carbocycles. The van der Waals surface area contributed by atoms with Crippen molar-refractivity contribution in [1.29, 1.82) is 0 Å². The highest BCUT2D eigenvalue weighted by Crippen LogP contribution is 2.28. The molecular weight excluding hydrogens is 230 g/mol. The zero-order valence-electron chi connectivity index (χ0n) is 10.6. The molecule has 0 radical (unpaired) electrons. The Hall–Kier alpha value is -0.530. The zero-order valence-corrected chi connectivity index (χ0v) is 11.4. The van der Waals surface area contributed by atoms with Crippen LogP contribution >= 0.6 is 11.6 Å². The first-order valence-electron chi connectivity index (χ1n) is 6.74. The molecule has 0 aromatic heterocycles. The van der Waals surface area contributed by atoms with Crippen molar-refractivity contribution in [2.45, 2.75) is 51.0 Å². The molecule has 1 fully saturated rings. The van der Waals surface area contributed by atoms with Crippen molar-refractivity contribution in [3.05, 3.63) is 34.9 Å². The highest BCUT2D eigenvalue weighted by molar-refractivity contribution is 6.30. The minimum atomic E-state index is 0.334. The van der Waals surface area contributed by atoms with Crippen molar-refractivity contribution >= 4 is 11.6 Å². The molecule has 94 valence electrons. The van der Waals surface area contributed by atoms with Gasteiger partial charge < -0.3 is 5.32 Å². The van der Waals surface area contributed by atoms with E-state index in [4.69, 9.17) is 11.6 Å². The number of rotatable bonds is 4. The van der Waals surface area contributed by atoms with Gasteiger partial charge in [0, 0.05) is 10.6 Å². The lowest BCUT2D eigenvalue weighted by Crippen LogP contribution is -2.50. The van der Waals surface area contributed by atoms with Crippen LogP contribution < -0.4 is 5.32 Å². The van der Waals surface area contributed by atoms with Crippen LogP contribution in [0.1, 0.15) is 44.6 Å². The van der Waals surface area contributed by atoms with E-state index in [-0.39, 0.29) is 0 Å². The molecule has 0 bridgehead atoms. The van der Waals surface area contributed by atoms with Crippen LogP contribution in [-0.4, -0.2) is 12.1 Å². The summed E-state index contributed by atoms with van der Waals surface area (Å²) in [5.74, 6) is 0. The maximum Gasteiger partial charge on any atom is 0.0406 e. The lowest BCUT2D eigenvalue weighted by atomic mass is 9.80. The van der Waals surface area contributed by atoms with Gasteiger partial charge in [0.15, 0.2) is 0 Å². The van der Waals surface area contributed by atoms with Gasteiger partial charge in [-0.25, -0.2) is 0 Å². The van der Waals surface area contributed by atoms with Crippen LogP contribution in [0.4, 0.5) is 0 Å². The van der Waals surface area contributed by atoms with Crippen molar-refractivity contribution in [2.24, 2.45) is 0 Å². The number of nitrogens with one attached hydrogen (secondary N) is 1. The minimum Gasteiger partial charge on any atom is -0.311 e. The van der Waals surface area contributed by atoms with E-state index >= 15 is 0 Å². The Labute approximate surface area is 110 Å². The lowest BCUT2D eigenvalue weighted by Gasteiger charge is -2.39. The Morgan fingerprint density at radius 2 is 2.00 bits per heavy atom. The van der Waals surface area contributed by atoms with Crippen LogP contribution in [0.25, 0.3) is 0 Å². The molecule has 1 aromatic carbocycles. The quantitative estimate of drug-likeness (QED) is 0.846. The van der Waals surface area contributed by atoms with Crippen LogP contribution in [-0.2, 0) is 6.42 Å². The van der Waals surface area contributed by atoms with Gasteiger partial charge in [-0.05, 0) is 49.9 Å².